The molecule has 0 saturated carbocycles. The van der Waals surface area contributed by atoms with Gasteiger partial charge in [0.2, 0.25) is 0 Å². The van der Waals surface area contributed by atoms with Gasteiger partial charge in [0.1, 0.15) is 11.4 Å². The molecular weight excluding hydrogens is 150 g/mol. The fraction of sp³-hybridized carbons (Fsp3) is 0.300. The molecule has 1 unspecified atom stereocenters. The molecule has 0 radical (unpaired) electrons. The highest BCUT2D eigenvalue weighted by molar-refractivity contribution is 5.46. The number of quaternary nitrogens is 1. The minimum Gasteiger partial charge on any atom is -0.497 e. The van der Waals surface area contributed by atoms with Gasteiger partial charge < -0.3 is 9.64 Å². The van der Waals surface area contributed by atoms with E-state index in [9.17, 15) is 0 Å². The van der Waals surface area contributed by atoms with Crippen LogP contribution in [0.2, 0.25) is 0 Å². The summed E-state index contributed by atoms with van der Waals surface area (Å²) in [4.78, 5) is 1.26. The van der Waals surface area contributed by atoms with Gasteiger partial charge in [0.15, 0.2) is 0 Å². The third kappa shape index (κ3) is 1.08. The number of ether oxygens (including phenoxy) is 1. The van der Waals surface area contributed by atoms with Gasteiger partial charge in [0, 0.05) is 18.1 Å². The first-order chi connectivity index (χ1) is 5.81. The molecule has 0 aromatic heterocycles. The third-order valence-electron chi connectivity index (χ3n) is 2.39. The minimum atomic E-state index is 0.948. The zero-order chi connectivity index (χ0) is 8.55. The van der Waals surface area contributed by atoms with E-state index in [0.717, 1.165) is 18.7 Å². The van der Waals surface area contributed by atoms with Crippen molar-refractivity contribution in [2.24, 2.45) is 0 Å². The Kier molecular flexibility index (Phi) is 1.77. The first kappa shape index (κ1) is 7.62. The maximum absolute atomic E-state index is 5.15. The lowest BCUT2D eigenvalue weighted by Crippen LogP contribution is -3.00. The van der Waals surface area contributed by atoms with Gasteiger partial charge in [-0.25, -0.2) is 0 Å². The van der Waals surface area contributed by atoms with Crippen molar-refractivity contribution >= 4 is 5.69 Å². The predicted molar refractivity (Wildman–Crippen MR) is 47.5 cm³/mol. The number of methoxy groups -OCH3 is 1. The topological polar surface area (TPSA) is 13.7 Å². The Bertz CT molecular complexity index is 296. The fourth-order valence-electron chi connectivity index (χ4n) is 1.67. The van der Waals surface area contributed by atoms with Crippen LogP contribution >= 0.6 is 0 Å². The Hall–Kier alpha value is -1.02. The maximum Gasteiger partial charge on any atom is 0.119 e. The van der Waals surface area contributed by atoms with Crippen molar-refractivity contribution in [2.45, 2.75) is 6.42 Å². The SMILES string of the molecule is [CH2-][NH+]1CCc2cc(OC)ccc21. The van der Waals surface area contributed by atoms with Crippen LogP contribution in [-0.2, 0) is 6.42 Å². The quantitative estimate of drug-likeness (QED) is 0.597. The second-order valence-electron chi connectivity index (χ2n) is 3.13. The Morgan fingerprint density at radius 1 is 1.50 bits per heavy atom. The molecule has 2 nitrogen and oxygen atoms in total. The van der Waals surface area contributed by atoms with E-state index >= 15 is 0 Å². The molecule has 1 aromatic carbocycles. The van der Waals surface area contributed by atoms with Crippen LogP contribution in [0, 0.1) is 7.05 Å². The molecule has 1 aliphatic heterocycles. The summed E-state index contributed by atoms with van der Waals surface area (Å²) in [6.07, 6.45) is 1.12. The number of nitrogens with one attached hydrogen (secondary N) is 1. The highest BCUT2D eigenvalue weighted by Crippen LogP contribution is 2.21. The summed E-state index contributed by atoms with van der Waals surface area (Å²) < 4.78 is 5.15. The molecular formula is C10H13NO. The van der Waals surface area contributed by atoms with Crippen LogP contribution in [-0.4, -0.2) is 13.7 Å². The normalized spacial score (nSPS) is 20.7. The average molecular weight is 163 g/mol. The van der Waals surface area contributed by atoms with E-state index in [0.29, 0.717) is 0 Å². The van der Waals surface area contributed by atoms with E-state index in [1.54, 1.807) is 7.11 Å². The lowest BCUT2D eigenvalue weighted by molar-refractivity contribution is -0.775. The smallest absolute Gasteiger partial charge is 0.119 e. The molecule has 1 aliphatic rings. The van der Waals surface area contributed by atoms with Gasteiger partial charge in [-0.3, -0.25) is 0 Å². The Balaban J connectivity index is 2.41. The summed E-state index contributed by atoms with van der Waals surface area (Å²) in [5.74, 6) is 0.948. The van der Waals surface area contributed by atoms with Crippen molar-refractivity contribution in [3.8, 4) is 5.75 Å². The summed E-state index contributed by atoms with van der Waals surface area (Å²) in [7, 11) is 5.71. The molecule has 0 aliphatic carbocycles. The molecule has 12 heavy (non-hydrogen) atoms. The van der Waals surface area contributed by atoms with E-state index < -0.39 is 0 Å². The number of rotatable bonds is 1. The molecule has 0 saturated heterocycles. The summed E-state index contributed by atoms with van der Waals surface area (Å²) in [6.45, 7) is 1.10. The van der Waals surface area contributed by atoms with E-state index in [2.05, 4.69) is 19.2 Å². The molecule has 1 N–H and O–H groups in total. The fourth-order valence-corrected chi connectivity index (χ4v) is 1.67. The first-order valence-electron chi connectivity index (χ1n) is 4.16. The number of hydrogen-bond donors (Lipinski definition) is 1. The van der Waals surface area contributed by atoms with Crippen molar-refractivity contribution in [3.05, 3.63) is 30.8 Å². The molecule has 64 valence electrons. The van der Waals surface area contributed by atoms with Crippen LogP contribution in [0.3, 0.4) is 0 Å². The predicted octanol–water partition coefficient (Wildman–Crippen LogP) is 0.559. The van der Waals surface area contributed by atoms with E-state index in [-0.39, 0.29) is 0 Å². The molecule has 1 aromatic rings. The molecule has 1 atom stereocenters. The van der Waals surface area contributed by atoms with Crippen molar-refractivity contribution in [1.29, 1.82) is 0 Å². The highest BCUT2D eigenvalue weighted by Gasteiger charge is 2.17. The summed E-state index contributed by atoms with van der Waals surface area (Å²) in [6, 6.07) is 6.20. The second kappa shape index (κ2) is 2.79. The van der Waals surface area contributed by atoms with Crippen LogP contribution in [0.4, 0.5) is 5.69 Å². The highest BCUT2D eigenvalue weighted by atomic mass is 16.5. The summed E-state index contributed by atoms with van der Waals surface area (Å²) >= 11 is 0. The standard InChI is InChI=1S/C10H13NO/c1-11-6-5-8-7-9(12-2)3-4-10(8)11/h3-4,7,11H,1,5-6H2,2H3. The van der Waals surface area contributed by atoms with E-state index in [1.165, 1.54) is 16.2 Å². The molecule has 2 heteroatoms. The number of fused-ring (bicyclic) bond motifs is 1. The average Bonchev–Trinajstić information content (AvgIpc) is 2.47. The molecule has 1 heterocycles. The Labute approximate surface area is 72.8 Å². The summed E-state index contributed by atoms with van der Waals surface area (Å²) in [5.41, 5.74) is 2.69. The minimum absolute atomic E-state index is 0.948. The van der Waals surface area contributed by atoms with Gasteiger partial charge in [-0.2, -0.15) is 0 Å². The van der Waals surface area contributed by atoms with Crippen LogP contribution < -0.4 is 9.64 Å². The molecule has 0 amide bonds. The summed E-state index contributed by atoms with van der Waals surface area (Å²) in [5, 5.41) is 0. The molecule has 0 bridgehead atoms. The van der Waals surface area contributed by atoms with Crippen LogP contribution in [0.15, 0.2) is 18.2 Å². The number of hydrogen-bond acceptors (Lipinski definition) is 1. The van der Waals surface area contributed by atoms with Crippen LogP contribution in [0.1, 0.15) is 5.56 Å². The first-order valence-corrected chi connectivity index (χ1v) is 4.16. The van der Waals surface area contributed by atoms with Crippen molar-refractivity contribution < 1.29 is 9.64 Å². The van der Waals surface area contributed by atoms with E-state index in [1.807, 2.05) is 6.07 Å². The van der Waals surface area contributed by atoms with Crippen molar-refractivity contribution in [1.82, 2.24) is 0 Å². The lowest BCUT2D eigenvalue weighted by Gasteiger charge is -2.13. The van der Waals surface area contributed by atoms with Crippen LogP contribution in [0.5, 0.6) is 5.75 Å². The van der Waals surface area contributed by atoms with Gasteiger partial charge in [0.05, 0.1) is 13.7 Å². The second-order valence-corrected chi connectivity index (χ2v) is 3.13. The van der Waals surface area contributed by atoms with Crippen molar-refractivity contribution in [3.63, 3.8) is 0 Å². The zero-order valence-corrected chi connectivity index (χ0v) is 7.26. The van der Waals surface area contributed by atoms with Crippen LogP contribution in [0.25, 0.3) is 0 Å². The molecule has 0 fully saturated rings. The lowest BCUT2D eigenvalue weighted by atomic mass is 10.1. The molecule has 0 spiro atoms. The van der Waals surface area contributed by atoms with Gasteiger partial charge in [-0.15, -0.1) is 7.05 Å². The maximum atomic E-state index is 5.15. The van der Waals surface area contributed by atoms with Gasteiger partial charge in [-0.1, -0.05) is 0 Å². The van der Waals surface area contributed by atoms with Gasteiger partial charge in [0.25, 0.3) is 0 Å². The van der Waals surface area contributed by atoms with Crippen molar-refractivity contribution in [2.75, 3.05) is 13.7 Å². The van der Waals surface area contributed by atoms with E-state index in [4.69, 9.17) is 4.74 Å². The largest absolute Gasteiger partial charge is 0.497 e. The van der Waals surface area contributed by atoms with Gasteiger partial charge >= 0.3 is 0 Å². The Morgan fingerprint density at radius 2 is 2.33 bits per heavy atom. The zero-order valence-electron chi connectivity index (χ0n) is 7.26. The van der Waals surface area contributed by atoms with Gasteiger partial charge in [-0.05, 0) is 12.1 Å². The third-order valence-corrected chi connectivity index (χ3v) is 2.39. The molecule has 2 rings (SSSR count). The monoisotopic (exact) mass is 163 g/mol. The Morgan fingerprint density at radius 3 is 3.08 bits per heavy atom. The number of benzene rings is 1.